The Morgan fingerprint density at radius 2 is 1.93 bits per heavy atom. The SMILES string of the molecule is CC(=O)C12CCCCC1C(O)CCC2. The minimum absolute atomic E-state index is 0.143. The molecular formula is C12H20O2. The lowest BCUT2D eigenvalue weighted by atomic mass is 9.57. The van der Waals surface area contributed by atoms with E-state index in [2.05, 4.69) is 0 Å². The molecule has 0 spiro atoms. The molecule has 2 nitrogen and oxygen atoms in total. The third-order valence-electron chi connectivity index (χ3n) is 4.39. The maximum Gasteiger partial charge on any atom is 0.136 e. The maximum atomic E-state index is 11.8. The van der Waals surface area contributed by atoms with Crippen LogP contribution in [-0.2, 0) is 4.79 Å². The Bertz CT molecular complexity index is 232. The van der Waals surface area contributed by atoms with Crippen LogP contribution in [-0.4, -0.2) is 17.0 Å². The number of carbonyl (C=O) groups is 1. The Hall–Kier alpha value is -0.370. The zero-order chi connectivity index (χ0) is 10.2. The molecular weight excluding hydrogens is 176 g/mol. The van der Waals surface area contributed by atoms with Gasteiger partial charge in [-0.1, -0.05) is 12.8 Å². The largest absolute Gasteiger partial charge is 0.393 e. The molecule has 1 N–H and O–H groups in total. The molecule has 0 bridgehead atoms. The molecule has 2 rings (SSSR count). The first-order chi connectivity index (χ1) is 6.67. The second kappa shape index (κ2) is 3.65. The first-order valence-electron chi connectivity index (χ1n) is 5.86. The molecule has 0 aromatic carbocycles. The quantitative estimate of drug-likeness (QED) is 0.698. The smallest absolute Gasteiger partial charge is 0.136 e. The van der Waals surface area contributed by atoms with E-state index in [1.807, 2.05) is 0 Å². The number of Topliss-reactive ketones (excluding diaryl/α,β-unsaturated/α-hetero) is 1. The van der Waals surface area contributed by atoms with E-state index in [0.29, 0.717) is 5.78 Å². The maximum absolute atomic E-state index is 11.8. The summed E-state index contributed by atoms with van der Waals surface area (Å²) in [7, 11) is 0. The summed E-state index contributed by atoms with van der Waals surface area (Å²) in [6.45, 7) is 1.72. The third kappa shape index (κ3) is 1.40. The lowest BCUT2D eigenvalue weighted by molar-refractivity contribution is -0.141. The third-order valence-corrected chi connectivity index (χ3v) is 4.39. The molecule has 2 aliphatic rings. The highest BCUT2D eigenvalue weighted by molar-refractivity contribution is 5.83. The molecule has 3 unspecified atom stereocenters. The van der Waals surface area contributed by atoms with E-state index < -0.39 is 0 Å². The van der Waals surface area contributed by atoms with Gasteiger partial charge in [0.05, 0.1) is 6.10 Å². The van der Waals surface area contributed by atoms with Gasteiger partial charge in [-0.2, -0.15) is 0 Å². The molecule has 80 valence electrons. The molecule has 3 atom stereocenters. The highest BCUT2D eigenvalue weighted by Crippen LogP contribution is 2.50. The number of rotatable bonds is 1. The monoisotopic (exact) mass is 196 g/mol. The van der Waals surface area contributed by atoms with Gasteiger partial charge in [0, 0.05) is 5.41 Å². The van der Waals surface area contributed by atoms with E-state index in [1.165, 1.54) is 12.8 Å². The van der Waals surface area contributed by atoms with Gasteiger partial charge in [-0.15, -0.1) is 0 Å². The van der Waals surface area contributed by atoms with Crippen LogP contribution in [0.15, 0.2) is 0 Å². The summed E-state index contributed by atoms with van der Waals surface area (Å²) in [6.07, 6.45) is 7.17. The predicted octanol–water partition coefficient (Wildman–Crippen LogP) is 2.30. The second-order valence-corrected chi connectivity index (χ2v) is 5.02. The van der Waals surface area contributed by atoms with Crippen molar-refractivity contribution in [3.8, 4) is 0 Å². The Balaban J connectivity index is 2.26. The minimum Gasteiger partial charge on any atom is -0.393 e. The number of hydrogen-bond acceptors (Lipinski definition) is 2. The summed E-state index contributed by atoms with van der Waals surface area (Å²) in [5, 5.41) is 9.97. The molecule has 0 amide bonds. The summed E-state index contributed by atoms with van der Waals surface area (Å²) in [5.41, 5.74) is -0.143. The van der Waals surface area contributed by atoms with Crippen LogP contribution in [0.5, 0.6) is 0 Å². The van der Waals surface area contributed by atoms with Crippen molar-refractivity contribution in [2.45, 2.75) is 58.0 Å². The van der Waals surface area contributed by atoms with Crippen molar-refractivity contribution in [3.05, 3.63) is 0 Å². The van der Waals surface area contributed by atoms with Gasteiger partial charge >= 0.3 is 0 Å². The van der Waals surface area contributed by atoms with Crippen LogP contribution >= 0.6 is 0 Å². The number of ketones is 1. The lowest BCUT2D eigenvalue weighted by Crippen LogP contribution is -2.48. The first-order valence-corrected chi connectivity index (χ1v) is 5.86. The minimum atomic E-state index is -0.215. The van der Waals surface area contributed by atoms with Crippen LogP contribution < -0.4 is 0 Å². The van der Waals surface area contributed by atoms with Crippen LogP contribution in [0.1, 0.15) is 51.9 Å². The van der Waals surface area contributed by atoms with Gasteiger partial charge in [-0.3, -0.25) is 4.79 Å². The van der Waals surface area contributed by atoms with Crippen LogP contribution in [0.3, 0.4) is 0 Å². The molecule has 0 saturated heterocycles. The summed E-state index contributed by atoms with van der Waals surface area (Å²) >= 11 is 0. The summed E-state index contributed by atoms with van der Waals surface area (Å²) < 4.78 is 0. The number of fused-ring (bicyclic) bond motifs is 1. The van der Waals surface area contributed by atoms with Crippen molar-refractivity contribution < 1.29 is 9.90 Å². The molecule has 14 heavy (non-hydrogen) atoms. The number of carbonyl (C=O) groups excluding carboxylic acids is 1. The van der Waals surface area contributed by atoms with Crippen LogP contribution in [0.25, 0.3) is 0 Å². The molecule has 0 aromatic heterocycles. The van der Waals surface area contributed by atoms with E-state index in [9.17, 15) is 9.90 Å². The molecule has 2 aliphatic carbocycles. The van der Waals surface area contributed by atoms with Gasteiger partial charge < -0.3 is 5.11 Å². The number of aliphatic hydroxyl groups is 1. The molecule has 0 heterocycles. The van der Waals surface area contributed by atoms with Crippen LogP contribution in [0.4, 0.5) is 0 Å². The first kappa shape index (κ1) is 10.2. The van der Waals surface area contributed by atoms with Gasteiger partial charge in [0.1, 0.15) is 5.78 Å². The lowest BCUT2D eigenvalue weighted by Gasteiger charge is -2.48. The Morgan fingerprint density at radius 3 is 2.57 bits per heavy atom. The summed E-state index contributed by atoms with van der Waals surface area (Å²) in [5.74, 6) is 0.587. The summed E-state index contributed by atoms with van der Waals surface area (Å²) in [4.78, 5) is 11.8. The Kier molecular flexibility index (Phi) is 2.65. The average Bonchev–Trinajstić information content (AvgIpc) is 2.18. The van der Waals surface area contributed by atoms with Crippen molar-refractivity contribution in [3.63, 3.8) is 0 Å². The number of aliphatic hydroxyl groups excluding tert-OH is 1. The van der Waals surface area contributed by atoms with Gasteiger partial charge in [0.25, 0.3) is 0 Å². The highest BCUT2D eigenvalue weighted by Gasteiger charge is 2.49. The van der Waals surface area contributed by atoms with Gasteiger partial charge in [-0.05, 0) is 44.9 Å². The van der Waals surface area contributed by atoms with Crippen molar-refractivity contribution in [1.29, 1.82) is 0 Å². The van der Waals surface area contributed by atoms with E-state index in [4.69, 9.17) is 0 Å². The van der Waals surface area contributed by atoms with Crippen molar-refractivity contribution >= 4 is 5.78 Å². The molecule has 0 radical (unpaired) electrons. The Labute approximate surface area is 85.7 Å². The topological polar surface area (TPSA) is 37.3 Å². The van der Waals surface area contributed by atoms with E-state index in [0.717, 1.165) is 32.1 Å². The normalized spacial score (nSPS) is 43.0. The van der Waals surface area contributed by atoms with Gasteiger partial charge in [0.2, 0.25) is 0 Å². The number of hydrogen-bond donors (Lipinski definition) is 1. The molecule has 2 saturated carbocycles. The van der Waals surface area contributed by atoms with Gasteiger partial charge in [0.15, 0.2) is 0 Å². The van der Waals surface area contributed by atoms with Crippen molar-refractivity contribution in [2.75, 3.05) is 0 Å². The fourth-order valence-electron chi connectivity index (χ4n) is 3.58. The molecule has 2 fully saturated rings. The summed E-state index contributed by atoms with van der Waals surface area (Å²) in [6, 6.07) is 0. The standard InChI is InChI=1S/C12H20O2/c1-9(13)12-7-3-2-5-10(12)11(14)6-4-8-12/h10-11,14H,2-8H2,1H3. The van der Waals surface area contributed by atoms with Crippen molar-refractivity contribution in [1.82, 2.24) is 0 Å². The van der Waals surface area contributed by atoms with E-state index >= 15 is 0 Å². The fraction of sp³-hybridized carbons (Fsp3) is 0.917. The van der Waals surface area contributed by atoms with E-state index in [-0.39, 0.29) is 17.4 Å². The van der Waals surface area contributed by atoms with Crippen molar-refractivity contribution in [2.24, 2.45) is 11.3 Å². The van der Waals surface area contributed by atoms with Crippen LogP contribution in [0, 0.1) is 11.3 Å². The average molecular weight is 196 g/mol. The Morgan fingerprint density at radius 1 is 1.21 bits per heavy atom. The molecule has 0 aromatic rings. The zero-order valence-corrected chi connectivity index (χ0v) is 8.96. The predicted molar refractivity (Wildman–Crippen MR) is 54.9 cm³/mol. The molecule has 0 aliphatic heterocycles. The fourth-order valence-corrected chi connectivity index (χ4v) is 3.58. The molecule has 2 heteroatoms. The zero-order valence-electron chi connectivity index (χ0n) is 8.96. The second-order valence-electron chi connectivity index (χ2n) is 5.02. The van der Waals surface area contributed by atoms with E-state index in [1.54, 1.807) is 6.92 Å². The van der Waals surface area contributed by atoms with Gasteiger partial charge in [-0.25, -0.2) is 0 Å². The van der Waals surface area contributed by atoms with Crippen LogP contribution in [0.2, 0.25) is 0 Å². The highest BCUT2D eigenvalue weighted by atomic mass is 16.3.